The molecule has 0 saturated carbocycles. The summed E-state index contributed by atoms with van der Waals surface area (Å²) in [7, 11) is 0. The summed E-state index contributed by atoms with van der Waals surface area (Å²) in [6.45, 7) is 3.63. The van der Waals surface area contributed by atoms with Gasteiger partial charge in [0.2, 0.25) is 5.91 Å². The van der Waals surface area contributed by atoms with E-state index in [0.29, 0.717) is 11.3 Å². The van der Waals surface area contributed by atoms with Gasteiger partial charge in [0.25, 0.3) is 5.91 Å². The van der Waals surface area contributed by atoms with Crippen LogP contribution in [-0.4, -0.2) is 32.8 Å². The topological polar surface area (TPSA) is 67.2 Å². The molecule has 1 fully saturated rings. The Hall–Kier alpha value is -2.15. The predicted molar refractivity (Wildman–Crippen MR) is 101 cm³/mol. The Morgan fingerprint density at radius 3 is 3.00 bits per heavy atom. The first-order chi connectivity index (χ1) is 12.7. The molecule has 0 aromatic carbocycles. The van der Waals surface area contributed by atoms with Crippen LogP contribution in [0.25, 0.3) is 0 Å². The number of carbonyl (C=O) groups is 2. The van der Waals surface area contributed by atoms with Crippen molar-refractivity contribution in [2.24, 2.45) is 0 Å². The summed E-state index contributed by atoms with van der Waals surface area (Å²) in [5, 5.41) is 3.01. The molecule has 1 saturated heterocycles. The zero-order chi connectivity index (χ0) is 18.1. The second-order valence-corrected chi connectivity index (χ2v) is 8.04. The molecule has 0 radical (unpaired) electrons. The zero-order valence-corrected chi connectivity index (χ0v) is 15.8. The molecule has 7 heteroatoms. The Labute approximate surface area is 157 Å². The maximum atomic E-state index is 12.7. The normalized spacial score (nSPS) is 19.4. The molecule has 1 atom stereocenters. The van der Waals surface area contributed by atoms with Crippen molar-refractivity contribution < 1.29 is 9.59 Å². The summed E-state index contributed by atoms with van der Waals surface area (Å²) in [6.07, 6.45) is 7.54. The average Bonchev–Trinajstić information content (AvgIpc) is 3.40. The van der Waals surface area contributed by atoms with E-state index < -0.39 is 0 Å². The Morgan fingerprint density at radius 1 is 1.27 bits per heavy atom. The molecule has 4 rings (SSSR count). The fraction of sp³-hybridized carbons (Fsp3) is 0.526. The first-order valence-electron chi connectivity index (χ1n) is 9.42. The van der Waals surface area contributed by atoms with Gasteiger partial charge < -0.3 is 14.8 Å². The van der Waals surface area contributed by atoms with Crippen molar-refractivity contribution in [1.82, 2.24) is 14.5 Å². The standard InChI is InChI=1S/C19H24N4O2S/c1-2-18(24)22-11-5-6-13(22)14-8-9-15(26-14)19(25)21-17-12-20-16-7-3-4-10-23(16)17/h8-9,12-13H,2-7,10-11H2,1H3,(H,21,25)/t13-/m1/s1. The lowest BCUT2D eigenvalue weighted by molar-refractivity contribution is -0.131. The van der Waals surface area contributed by atoms with E-state index in [0.717, 1.165) is 61.7 Å². The molecular formula is C19H24N4O2S. The number of hydrogen-bond donors (Lipinski definition) is 1. The Kier molecular flexibility index (Phi) is 4.80. The molecule has 2 aliphatic heterocycles. The molecular weight excluding hydrogens is 348 g/mol. The maximum absolute atomic E-state index is 12.7. The van der Waals surface area contributed by atoms with Gasteiger partial charge >= 0.3 is 0 Å². The molecule has 6 nitrogen and oxygen atoms in total. The highest BCUT2D eigenvalue weighted by Crippen LogP contribution is 2.36. The summed E-state index contributed by atoms with van der Waals surface area (Å²) in [4.78, 5) is 33.0. The molecule has 0 unspecified atom stereocenters. The van der Waals surface area contributed by atoms with Gasteiger partial charge in [-0.3, -0.25) is 9.59 Å². The van der Waals surface area contributed by atoms with Crippen molar-refractivity contribution >= 4 is 29.0 Å². The molecule has 26 heavy (non-hydrogen) atoms. The monoisotopic (exact) mass is 372 g/mol. The van der Waals surface area contributed by atoms with Crippen LogP contribution in [0.2, 0.25) is 0 Å². The Bertz CT molecular complexity index is 825. The van der Waals surface area contributed by atoms with E-state index in [1.807, 2.05) is 24.0 Å². The maximum Gasteiger partial charge on any atom is 0.266 e. The van der Waals surface area contributed by atoms with Crippen molar-refractivity contribution in [3.8, 4) is 0 Å². The minimum atomic E-state index is -0.0964. The number of aryl methyl sites for hydroxylation is 1. The van der Waals surface area contributed by atoms with Gasteiger partial charge in [-0.15, -0.1) is 11.3 Å². The summed E-state index contributed by atoms with van der Waals surface area (Å²) in [5.41, 5.74) is 0. The van der Waals surface area contributed by atoms with E-state index in [1.165, 1.54) is 11.3 Å². The van der Waals surface area contributed by atoms with Crippen LogP contribution in [0.3, 0.4) is 0 Å². The van der Waals surface area contributed by atoms with Crippen LogP contribution in [0.15, 0.2) is 18.3 Å². The number of carbonyl (C=O) groups excluding carboxylic acids is 2. The van der Waals surface area contributed by atoms with Gasteiger partial charge in [0.05, 0.1) is 17.1 Å². The second kappa shape index (κ2) is 7.23. The summed E-state index contributed by atoms with van der Waals surface area (Å²) >= 11 is 1.49. The molecule has 0 spiro atoms. The van der Waals surface area contributed by atoms with Gasteiger partial charge in [-0.1, -0.05) is 6.92 Å². The van der Waals surface area contributed by atoms with E-state index in [4.69, 9.17) is 0 Å². The second-order valence-electron chi connectivity index (χ2n) is 6.92. The minimum Gasteiger partial charge on any atom is -0.335 e. The highest BCUT2D eigenvalue weighted by atomic mass is 32.1. The number of hydrogen-bond acceptors (Lipinski definition) is 4. The first kappa shape index (κ1) is 17.3. The quantitative estimate of drug-likeness (QED) is 0.891. The fourth-order valence-electron chi connectivity index (χ4n) is 3.91. The fourth-order valence-corrected chi connectivity index (χ4v) is 4.96. The Morgan fingerprint density at radius 2 is 2.15 bits per heavy atom. The molecule has 2 amide bonds. The summed E-state index contributed by atoms with van der Waals surface area (Å²) in [5.74, 6) is 1.93. The number of thiophene rings is 1. The number of amides is 2. The highest BCUT2D eigenvalue weighted by Gasteiger charge is 2.30. The van der Waals surface area contributed by atoms with Crippen LogP contribution in [0.1, 0.15) is 65.4 Å². The van der Waals surface area contributed by atoms with Gasteiger partial charge in [-0.05, 0) is 37.8 Å². The molecule has 4 heterocycles. The van der Waals surface area contributed by atoms with Crippen molar-refractivity contribution in [3.05, 3.63) is 33.9 Å². The lowest BCUT2D eigenvalue weighted by atomic mass is 10.2. The van der Waals surface area contributed by atoms with Crippen molar-refractivity contribution in [2.75, 3.05) is 11.9 Å². The van der Waals surface area contributed by atoms with E-state index in [-0.39, 0.29) is 17.9 Å². The van der Waals surface area contributed by atoms with Crippen molar-refractivity contribution in [1.29, 1.82) is 0 Å². The molecule has 2 aromatic rings. The number of rotatable bonds is 4. The lowest BCUT2D eigenvalue weighted by Crippen LogP contribution is -2.29. The number of nitrogens with one attached hydrogen (secondary N) is 1. The largest absolute Gasteiger partial charge is 0.335 e. The molecule has 0 bridgehead atoms. The van der Waals surface area contributed by atoms with E-state index >= 15 is 0 Å². The van der Waals surface area contributed by atoms with Crippen LogP contribution in [0.5, 0.6) is 0 Å². The van der Waals surface area contributed by atoms with Gasteiger partial charge in [0, 0.05) is 30.8 Å². The summed E-state index contributed by atoms with van der Waals surface area (Å²) in [6, 6.07) is 3.99. The Balaban J connectivity index is 1.48. The zero-order valence-electron chi connectivity index (χ0n) is 15.0. The number of imidazole rings is 1. The van der Waals surface area contributed by atoms with Crippen LogP contribution >= 0.6 is 11.3 Å². The van der Waals surface area contributed by atoms with E-state index in [9.17, 15) is 9.59 Å². The van der Waals surface area contributed by atoms with E-state index in [1.54, 1.807) is 6.20 Å². The number of anilines is 1. The van der Waals surface area contributed by atoms with Crippen LogP contribution in [0.4, 0.5) is 5.82 Å². The molecule has 1 N–H and O–H groups in total. The molecule has 138 valence electrons. The van der Waals surface area contributed by atoms with Crippen molar-refractivity contribution in [2.45, 2.75) is 58.0 Å². The molecule has 2 aliphatic rings. The number of nitrogens with zero attached hydrogens (tertiary/aromatic N) is 3. The predicted octanol–water partition coefficient (Wildman–Crippen LogP) is 3.61. The van der Waals surface area contributed by atoms with Crippen LogP contribution in [-0.2, 0) is 17.8 Å². The van der Waals surface area contributed by atoms with Crippen LogP contribution < -0.4 is 5.32 Å². The van der Waals surface area contributed by atoms with Crippen molar-refractivity contribution in [3.63, 3.8) is 0 Å². The third kappa shape index (κ3) is 3.16. The third-order valence-corrected chi connectivity index (χ3v) is 6.45. The van der Waals surface area contributed by atoms with Gasteiger partial charge in [0.1, 0.15) is 11.6 Å². The SMILES string of the molecule is CCC(=O)N1CCC[C@@H]1c1ccc(C(=O)Nc2cnc3n2CCCC3)s1. The van der Waals surface area contributed by atoms with Gasteiger partial charge in [-0.2, -0.15) is 0 Å². The third-order valence-electron chi connectivity index (χ3n) is 5.27. The number of likely N-dealkylation sites (tertiary alicyclic amines) is 1. The van der Waals surface area contributed by atoms with Gasteiger partial charge in [0.15, 0.2) is 0 Å². The molecule has 0 aliphatic carbocycles. The number of fused-ring (bicyclic) bond motifs is 1. The van der Waals surface area contributed by atoms with Gasteiger partial charge in [-0.25, -0.2) is 4.98 Å². The lowest BCUT2D eigenvalue weighted by Gasteiger charge is -2.23. The van der Waals surface area contributed by atoms with E-state index in [2.05, 4.69) is 14.9 Å². The number of aromatic nitrogens is 2. The average molecular weight is 372 g/mol. The first-order valence-corrected chi connectivity index (χ1v) is 10.2. The smallest absolute Gasteiger partial charge is 0.266 e. The van der Waals surface area contributed by atoms with Crippen LogP contribution in [0, 0.1) is 0 Å². The minimum absolute atomic E-state index is 0.0964. The summed E-state index contributed by atoms with van der Waals surface area (Å²) < 4.78 is 2.11. The molecule has 2 aromatic heterocycles. The highest BCUT2D eigenvalue weighted by molar-refractivity contribution is 7.14.